The highest BCUT2D eigenvalue weighted by Gasteiger charge is 2.11. The maximum atomic E-state index is 12.0. The maximum absolute atomic E-state index is 12.0. The smallest absolute Gasteiger partial charge is 0.271 e. The Labute approximate surface area is 122 Å². The molecule has 0 spiro atoms. The summed E-state index contributed by atoms with van der Waals surface area (Å²) in [7, 11) is 1.82. The third-order valence-electron chi connectivity index (χ3n) is 3.10. The van der Waals surface area contributed by atoms with Gasteiger partial charge in [0.15, 0.2) is 0 Å². The first-order chi connectivity index (χ1) is 10.1. The van der Waals surface area contributed by atoms with E-state index in [1.807, 2.05) is 32.2 Å². The van der Waals surface area contributed by atoms with Crippen LogP contribution in [0.3, 0.4) is 0 Å². The minimum absolute atomic E-state index is 0.161. The lowest BCUT2D eigenvalue weighted by Gasteiger charge is -2.11. The number of aromatic nitrogens is 2. The van der Waals surface area contributed by atoms with Crippen LogP contribution in [0.15, 0.2) is 47.3 Å². The monoisotopic (exact) mass is 286 g/mol. The molecule has 2 rings (SSSR count). The Bertz CT molecular complexity index is 667. The molecule has 1 aromatic carbocycles. The summed E-state index contributed by atoms with van der Waals surface area (Å²) >= 11 is 0. The second-order valence-corrected chi connectivity index (χ2v) is 4.70. The second-order valence-electron chi connectivity index (χ2n) is 4.70. The number of benzene rings is 1. The number of para-hydroxylation sites is 1. The number of rotatable bonds is 5. The molecule has 2 aromatic rings. The standard InChI is InChI=1S/C15H18N4O2/c1-11(16-2)10-17-15(21)13-8-9-14(20)19(18-13)12-6-4-3-5-7-12/h3-9,11,16H,10H2,1-2H3,(H,17,21). The van der Waals surface area contributed by atoms with Crippen molar-refractivity contribution in [2.75, 3.05) is 13.6 Å². The van der Waals surface area contributed by atoms with Gasteiger partial charge in [-0.25, -0.2) is 0 Å². The zero-order valence-corrected chi connectivity index (χ0v) is 12.0. The second kappa shape index (κ2) is 6.81. The molecular formula is C15H18N4O2. The Balaban J connectivity index is 2.23. The van der Waals surface area contributed by atoms with Crippen LogP contribution in [0.25, 0.3) is 5.69 Å². The summed E-state index contributed by atoms with van der Waals surface area (Å²) in [5, 5.41) is 9.91. The Hall–Kier alpha value is -2.47. The number of nitrogens with zero attached hydrogens (tertiary/aromatic N) is 2. The molecule has 1 atom stereocenters. The summed E-state index contributed by atoms with van der Waals surface area (Å²) in [6.45, 7) is 2.44. The van der Waals surface area contributed by atoms with Crippen molar-refractivity contribution in [3.05, 3.63) is 58.5 Å². The Morgan fingerprint density at radius 3 is 2.62 bits per heavy atom. The highest BCUT2D eigenvalue weighted by Crippen LogP contribution is 2.02. The first-order valence-corrected chi connectivity index (χ1v) is 6.73. The lowest BCUT2D eigenvalue weighted by atomic mass is 10.3. The lowest BCUT2D eigenvalue weighted by molar-refractivity contribution is 0.0943. The number of nitrogens with one attached hydrogen (secondary N) is 2. The van der Waals surface area contributed by atoms with Crippen LogP contribution in [0, 0.1) is 0 Å². The molecule has 0 aliphatic heterocycles. The van der Waals surface area contributed by atoms with Crippen molar-refractivity contribution in [2.24, 2.45) is 0 Å². The largest absolute Gasteiger partial charge is 0.349 e. The van der Waals surface area contributed by atoms with E-state index >= 15 is 0 Å². The lowest BCUT2D eigenvalue weighted by Crippen LogP contribution is -2.38. The van der Waals surface area contributed by atoms with Gasteiger partial charge in [-0.2, -0.15) is 9.78 Å². The normalized spacial score (nSPS) is 11.9. The fourth-order valence-corrected chi connectivity index (χ4v) is 1.72. The van der Waals surface area contributed by atoms with Gasteiger partial charge in [0.1, 0.15) is 5.69 Å². The van der Waals surface area contributed by atoms with Crippen LogP contribution in [0.5, 0.6) is 0 Å². The first kappa shape index (κ1) is 14.9. The summed E-state index contributed by atoms with van der Waals surface area (Å²) in [6.07, 6.45) is 0. The van der Waals surface area contributed by atoms with Crippen molar-refractivity contribution in [1.82, 2.24) is 20.4 Å². The first-order valence-electron chi connectivity index (χ1n) is 6.73. The minimum Gasteiger partial charge on any atom is -0.349 e. The molecule has 0 fully saturated rings. The average Bonchev–Trinajstić information content (AvgIpc) is 2.53. The van der Waals surface area contributed by atoms with Gasteiger partial charge in [0.05, 0.1) is 5.69 Å². The molecule has 110 valence electrons. The number of carbonyl (C=O) groups excluding carboxylic acids is 1. The van der Waals surface area contributed by atoms with Crippen LogP contribution in [-0.4, -0.2) is 35.3 Å². The summed E-state index contributed by atoms with van der Waals surface area (Å²) in [5.41, 5.74) is 0.559. The molecule has 0 aliphatic carbocycles. The van der Waals surface area contributed by atoms with Crippen LogP contribution < -0.4 is 16.2 Å². The van der Waals surface area contributed by atoms with Crippen molar-refractivity contribution in [2.45, 2.75) is 13.0 Å². The summed E-state index contributed by atoms with van der Waals surface area (Å²) in [6, 6.07) is 11.9. The van der Waals surface area contributed by atoms with Gasteiger partial charge in [0.2, 0.25) is 0 Å². The van der Waals surface area contributed by atoms with E-state index in [2.05, 4.69) is 15.7 Å². The van der Waals surface area contributed by atoms with E-state index in [4.69, 9.17) is 0 Å². The van der Waals surface area contributed by atoms with Crippen LogP contribution >= 0.6 is 0 Å². The van der Waals surface area contributed by atoms with E-state index in [0.717, 1.165) is 0 Å². The molecule has 0 saturated carbocycles. The summed E-state index contributed by atoms with van der Waals surface area (Å²) < 4.78 is 1.22. The van der Waals surface area contributed by atoms with Crippen LogP contribution in [0.4, 0.5) is 0 Å². The van der Waals surface area contributed by atoms with Crippen molar-refractivity contribution in [1.29, 1.82) is 0 Å². The minimum atomic E-state index is -0.304. The third kappa shape index (κ3) is 3.76. The van der Waals surface area contributed by atoms with Gasteiger partial charge in [0.25, 0.3) is 11.5 Å². The third-order valence-corrected chi connectivity index (χ3v) is 3.10. The van der Waals surface area contributed by atoms with Gasteiger partial charge in [-0.1, -0.05) is 18.2 Å². The topological polar surface area (TPSA) is 76.0 Å². The van der Waals surface area contributed by atoms with Gasteiger partial charge < -0.3 is 10.6 Å². The Morgan fingerprint density at radius 1 is 1.24 bits per heavy atom. The SMILES string of the molecule is CNC(C)CNC(=O)c1ccc(=O)n(-c2ccccc2)n1. The summed E-state index contributed by atoms with van der Waals surface area (Å²) in [5.74, 6) is -0.304. The highest BCUT2D eigenvalue weighted by molar-refractivity contribution is 5.92. The van der Waals surface area contributed by atoms with E-state index in [0.29, 0.717) is 12.2 Å². The molecule has 1 amide bonds. The number of hydrogen-bond acceptors (Lipinski definition) is 4. The summed E-state index contributed by atoms with van der Waals surface area (Å²) in [4.78, 5) is 23.9. The zero-order chi connectivity index (χ0) is 15.2. The molecule has 0 bridgehead atoms. The van der Waals surface area contributed by atoms with Crippen LogP contribution in [0.2, 0.25) is 0 Å². The van der Waals surface area contributed by atoms with Gasteiger partial charge in [-0.15, -0.1) is 0 Å². The highest BCUT2D eigenvalue weighted by atomic mass is 16.2. The number of hydrogen-bond donors (Lipinski definition) is 2. The van der Waals surface area contributed by atoms with Crippen molar-refractivity contribution < 1.29 is 4.79 Å². The van der Waals surface area contributed by atoms with E-state index in [1.54, 1.807) is 12.1 Å². The molecule has 0 radical (unpaired) electrons. The molecular weight excluding hydrogens is 268 g/mol. The average molecular weight is 286 g/mol. The molecule has 1 aromatic heterocycles. The van der Waals surface area contributed by atoms with E-state index in [-0.39, 0.29) is 23.2 Å². The van der Waals surface area contributed by atoms with E-state index < -0.39 is 0 Å². The predicted octanol–water partition coefficient (Wildman–Crippen LogP) is 0.570. The number of amides is 1. The Morgan fingerprint density at radius 2 is 1.95 bits per heavy atom. The van der Waals surface area contributed by atoms with Gasteiger partial charge in [0, 0.05) is 18.7 Å². The quantitative estimate of drug-likeness (QED) is 0.842. The molecule has 0 aliphatic rings. The molecule has 1 unspecified atom stereocenters. The van der Waals surface area contributed by atoms with Gasteiger partial charge >= 0.3 is 0 Å². The number of carbonyl (C=O) groups is 1. The van der Waals surface area contributed by atoms with Gasteiger partial charge in [-0.05, 0) is 32.2 Å². The van der Waals surface area contributed by atoms with E-state index in [1.165, 1.54) is 16.8 Å². The molecule has 6 heteroatoms. The van der Waals surface area contributed by atoms with Crippen LogP contribution in [-0.2, 0) is 0 Å². The van der Waals surface area contributed by atoms with E-state index in [9.17, 15) is 9.59 Å². The molecule has 1 heterocycles. The fourth-order valence-electron chi connectivity index (χ4n) is 1.72. The van der Waals surface area contributed by atoms with Crippen molar-refractivity contribution in [3.63, 3.8) is 0 Å². The van der Waals surface area contributed by atoms with Crippen LogP contribution in [0.1, 0.15) is 17.4 Å². The van der Waals surface area contributed by atoms with Gasteiger partial charge in [-0.3, -0.25) is 9.59 Å². The van der Waals surface area contributed by atoms with Crippen molar-refractivity contribution in [3.8, 4) is 5.69 Å². The fraction of sp³-hybridized carbons (Fsp3) is 0.267. The van der Waals surface area contributed by atoms with Crippen molar-refractivity contribution >= 4 is 5.91 Å². The Kier molecular flexibility index (Phi) is 4.84. The predicted molar refractivity (Wildman–Crippen MR) is 80.7 cm³/mol. The molecule has 21 heavy (non-hydrogen) atoms. The number of likely N-dealkylation sites (N-methyl/N-ethyl adjacent to an activating group) is 1. The molecule has 0 saturated heterocycles. The molecule has 2 N–H and O–H groups in total. The zero-order valence-electron chi connectivity index (χ0n) is 12.0. The maximum Gasteiger partial charge on any atom is 0.271 e. The molecule has 6 nitrogen and oxygen atoms in total.